The van der Waals surface area contributed by atoms with Crippen LogP contribution in [0.1, 0.15) is 44.9 Å². The topological polar surface area (TPSA) is 26.7 Å². The molecule has 0 radical (unpaired) electrons. The summed E-state index contributed by atoms with van der Waals surface area (Å²) in [6.45, 7) is 4.68. The molecule has 0 unspecified atom stereocenters. The molecule has 2 bridgehead atoms. The maximum absolute atomic E-state index is 11.2. The number of rotatable bonds is 0. The van der Waals surface area contributed by atoms with E-state index in [-0.39, 0.29) is 0 Å². The van der Waals surface area contributed by atoms with Gasteiger partial charge in [-0.2, -0.15) is 0 Å². The monoisotopic (exact) mass is 250 g/mol. The molecule has 0 spiro atoms. The Morgan fingerprint density at radius 2 is 1.72 bits per heavy atom. The first-order chi connectivity index (χ1) is 8.76. The fourth-order valence-electron chi connectivity index (χ4n) is 5.30. The van der Waals surface area contributed by atoms with E-state index in [0.717, 1.165) is 24.9 Å². The second-order valence-electron chi connectivity index (χ2n) is 7.11. The normalized spacial score (nSPS) is 49.5. The molecule has 1 N–H and O–H groups in total. The van der Waals surface area contributed by atoms with Crippen molar-refractivity contribution in [2.24, 2.45) is 5.92 Å². The number of hydrogen-bond acceptors (Lipinski definition) is 3. The van der Waals surface area contributed by atoms with Gasteiger partial charge in [0.2, 0.25) is 0 Å². The maximum atomic E-state index is 11.2. The largest absolute Gasteiger partial charge is 0.387 e. The Hall–Kier alpha value is -0.120. The van der Waals surface area contributed by atoms with Crippen LogP contribution in [0.2, 0.25) is 0 Å². The molecule has 0 aromatic carbocycles. The molecule has 0 aromatic rings. The maximum Gasteiger partial charge on any atom is 0.0932 e. The molecule has 0 amide bonds. The van der Waals surface area contributed by atoms with Crippen molar-refractivity contribution in [2.75, 3.05) is 26.2 Å². The van der Waals surface area contributed by atoms with E-state index in [0.29, 0.717) is 6.04 Å². The highest BCUT2D eigenvalue weighted by molar-refractivity contribution is 5.09. The van der Waals surface area contributed by atoms with Crippen LogP contribution in [0.3, 0.4) is 0 Å². The van der Waals surface area contributed by atoms with Crippen LogP contribution in [0.15, 0.2) is 0 Å². The molecule has 18 heavy (non-hydrogen) atoms. The molecule has 4 rings (SSSR count). The molecule has 4 heterocycles. The van der Waals surface area contributed by atoms with Crippen molar-refractivity contribution in [3.63, 3.8) is 0 Å². The third-order valence-corrected chi connectivity index (χ3v) is 6.00. The van der Waals surface area contributed by atoms with Gasteiger partial charge in [0, 0.05) is 25.2 Å². The number of piperidine rings is 4. The van der Waals surface area contributed by atoms with E-state index in [1.807, 2.05) is 0 Å². The number of aliphatic hydroxyl groups is 1. The van der Waals surface area contributed by atoms with E-state index in [4.69, 9.17) is 0 Å². The van der Waals surface area contributed by atoms with E-state index in [2.05, 4.69) is 9.80 Å². The summed E-state index contributed by atoms with van der Waals surface area (Å²) in [6.07, 6.45) is 9.08. The highest BCUT2D eigenvalue weighted by Gasteiger charge is 2.54. The van der Waals surface area contributed by atoms with Gasteiger partial charge in [-0.1, -0.05) is 12.8 Å². The molecule has 4 aliphatic heterocycles. The quantitative estimate of drug-likeness (QED) is 0.705. The minimum atomic E-state index is -0.392. The highest BCUT2D eigenvalue weighted by atomic mass is 16.3. The molecule has 4 saturated heterocycles. The van der Waals surface area contributed by atoms with Gasteiger partial charge in [-0.05, 0) is 51.1 Å². The summed E-state index contributed by atoms with van der Waals surface area (Å²) in [4.78, 5) is 5.26. The van der Waals surface area contributed by atoms with Gasteiger partial charge >= 0.3 is 0 Å². The first kappa shape index (κ1) is 11.7. The lowest BCUT2D eigenvalue weighted by molar-refractivity contribution is -0.176. The third-order valence-electron chi connectivity index (χ3n) is 6.00. The van der Waals surface area contributed by atoms with Gasteiger partial charge in [-0.3, -0.25) is 9.80 Å². The Labute approximate surface area is 110 Å². The summed E-state index contributed by atoms with van der Waals surface area (Å²) in [7, 11) is 0. The Bertz CT molecular complexity index is 332. The second kappa shape index (κ2) is 4.19. The van der Waals surface area contributed by atoms with Crippen molar-refractivity contribution >= 4 is 0 Å². The van der Waals surface area contributed by atoms with Crippen molar-refractivity contribution in [3.05, 3.63) is 0 Å². The lowest BCUT2D eigenvalue weighted by Gasteiger charge is -2.60. The third kappa shape index (κ3) is 1.67. The summed E-state index contributed by atoms with van der Waals surface area (Å²) in [6, 6.07) is 1.24. The molecule has 102 valence electrons. The second-order valence-corrected chi connectivity index (χ2v) is 7.11. The zero-order valence-corrected chi connectivity index (χ0v) is 11.4. The van der Waals surface area contributed by atoms with E-state index < -0.39 is 5.60 Å². The summed E-state index contributed by atoms with van der Waals surface area (Å²) in [5.74, 6) is 0.735. The smallest absolute Gasteiger partial charge is 0.0932 e. The SMILES string of the molecule is O[C@]12C[C@H](CN3CCCC[C@@H]31)[C@H]1CCCCN1C2. The molecule has 0 aromatic heterocycles. The summed E-state index contributed by atoms with van der Waals surface area (Å²) < 4.78 is 0. The van der Waals surface area contributed by atoms with Crippen LogP contribution in [0.5, 0.6) is 0 Å². The molecule has 0 aliphatic carbocycles. The Balaban J connectivity index is 1.63. The molecule has 4 fully saturated rings. The number of hydrogen-bond donors (Lipinski definition) is 1. The first-order valence-electron chi connectivity index (χ1n) is 7.97. The van der Waals surface area contributed by atoms with Crippen molar-refractivity contribution in [1.82, 2.24) is 9.80 Å². The highest BCUT2D eigenvalue weighted by Crippen LogP contribution is 2.44. The van der Waals surface area contributed by atoms with Gasteiger partial charge in [-0.25, -0.2) is 0 Å². The van der Waals surface area contributed by atoms with Crippen LogP contribution in [0.25, 0.3) is 0 Å². The van der Waals surface area contributed by atoms with E-state index in [1.165, 1.54) is 58.2 Å². The van der Waals surface area contributed by atoms with Gasteiger partial charge in [0.05, 0.1) is 5.60 Å². The predicted octanol–water partition coefficient (Wildman–Crippen LogP) is 1.46. The zero-order valence-electron chi connectivity index (χ0n) is 11.4. The van der Waals surface area contributed by atoms with Crippen LogP contribution in [-0.2, 0) is 0 Å². The molecule has 3 heteroatoms. The molecular formula is C15H26N2O. The van der Waals surface area contributed by atoms with Gasteiger partial charge < -0.3 is 5.11 Å². The van der Waals surface area contributed by atoms with Crippen LogP contribution in [0, 0.1) is 5.92 Å². The van der Waals surface area contributed by atoms with Crippen molar-refractivity contribution in [3.8, 4) is 0 Å². The first-order valence-corrected chi connectivity index (χ1v) is 7.97. The Morgan fingerprint density at radius 1 is 0.944 bits per heavy atom. The molecule has 4 aliphatic rings. The van der Waals surface area contributed by atoms with Gasteiger partial charge in [0.15, 0.2) is 0 Å². The summed E-state index contributed by atoms with van der Waals surface area (Å²) >= 11 is 0. The fourth-order valence-corrected chi connectivity index (χ4v) is 5.30. The predicted molar refractivity (Wildman–Crippen MR) is 71.5 cm³/mol. The number of nitrogens with zero attached hydrogens (tertiary/aromatic N) is 2. The minimum Gasteiger partial charge on any atom is -0.387 e. The average Bonchev–Trinajstić information content (AvgIpc) is 2.38. The lowest BCUT2D eigenvalue weighted by Crippen LogP contribution is -2.71. The van der Waals surface area contributed by atoms with Crippen molar-refractivity contribution < 1.29 is 5.11 Å². The zero-order chi connectivity index (χ0) is 12.2. The summed E-state index contributed by atoms with van der Waals surface area (Å²) in [5.41, 5.74) is -0.392. The lowest BCUT2D eigenvalue weighted by atomic mass is 9.68. The minimum absolute atomic E-state index is 0.392. The van der Waals surface area contributed by atoms with Crippen LogP contribution < -0.4 is 0 Å². The van der Waals surface area contributed by atoms with E-state index >= 15 is 0 Å². The Morgan fingerprint density at radius 3 is 2.61 bits per heavy atom. The number of fused-ring (bicyclic) bond motifs is 6. The van der Waals surface area contributed by atoms with Crippen LogP contribution in [-0.4, -0.2) is 58.8 Å². The molecule has 0 saturated carbocycles. The fraction of sp³-hybridized carbons (Fsp3) is 1.00. The van der Waals surface area contributed by atoms with E-state index in [9.17, 15) is 5.11 Å². The van der Waals surface area contributed by atoms with Crippen molar-refractivity contribution in [2.45, 2.75) is 62.6 Å². The van der Waals surface area contributed by atoms with E-state index in [1.54, 1.807) is 0 Å². The van der Waals surface area contributed by atoms with Crippen LogP contribution in [0.4, 0.5) is 0 Å². The average molecular weight is 250 g/mol. The summed E-state index contributed by atoms with van der Waals surface area (Å²) in [5, 5.41) is 11.2. The van der Waals surface area contributed by atoms with Crippen molar-refractivity contribution in [1.29, 1.82) is 0 Å². The van der Waals surface area contributed by atoms with Gasteiger partial charge in [0.25, 0.3) is 0 Å². The van der Waals surface area contributed by atoms with Gasteiger partial charge in [-0.15, -0.1) is 0 Å². The van der Waals surface area contributed by atoms with Crippen LogP contribution >= 0.6 is 0 Å². The van der Waals surface area contributed by atoms with Gasteiger partial charge in [0.1, 0.15) is 0 Å². The molecule has 4 atom stereocenters. The Kier molecular flexibility index (Phi) is 2.72. The standard InChI is InChI=1S/C15H26N2O/c18-15-9-12(10-16-7-4-2-6-14(15)16)13-5-1-3-8-17(13)11-15/h12-14,18H,1-11H2/t12-,13-,14-,15+/m1/s1. The molecular weight excluding hydrogens is 224 g/mol. The molecule has 3 nitrogen and oxygen atoms in total.